The van der Waals surface area contributed by atoms with E-state index in [-0.39, 0.29) is 18.4 Å². The number of fused-ring (bicyclic) bond motifs is 2. The molecular formula is C20H18N2O4. The van der Waals surface area contributed by atoms with Crippen LogP contribution in [-0.4, -0.2) is 41.8 Å². The van der Waals surface area contributed by atoms with Gasteiger partial charge in [0.15, 0.2) is 6.61 Å². The molecule has 1 saturated heterocycles. The third-order valence-corrected chi connectivity index (χ3v) is 4.75. The molecule has 2 aromatic carbocycles. The second-order valence-electron chi connectivity index (χ2n) is 6.34. The number of para-hydroxylation sites is 2. The van der Waals surface area contributed by atoms with Gasteiger partial charge in [-0.3, -0.25) is 14.4 Å². The number of nitrogens with zero attached hydrogens (tertiary/aromatic N) is 2. The van der Waals surface area contributed by atoms with Crippen molar-refractivity contribution in [1.29, 1.82) is 0 Å². The summed E-state index contributed by atoms with van der Waals surface area (Å²) >= 11 is 0. The van der Waals surface area contributed by atoms with Crippen molar-refractivity contribution in [2.45, 2.75) is 18.9 Å². The molecule has 0 aliphatic carbocycles. The lowest BCUT2D eigenvalue weighted by molar-refractivity contribution is -0.129. The summed E-state index contributed by atoms with van der Waals surface area (Å²) in [6.45, 7) is 0.261. The minimum absolute atomic E-state index is 0.198. The van der Waals surface area contributed by atoms with Crippen molar-refractivity contribution in [2.75, 3.05) is 18.1 Å². The van der Waals surface area contributed by atoms with Crippen molar-refractivity contribution in [2.24, 2.45) is 0 Å². The predicted molar refractivity (Wildman–Crippen MR) is 94.9 cm³/mol. The third-order valence-electron chi connectivity index (χ3n) is 4.75. The quantitative estimate of drug-likeness (QED) is 0.851. The lowest BCUT2D eigenvalue weighted by atomic mass is 10.1. The van der Waals surface area contributed by atoms with Gasteiger partial charge in [-0.1, -0.05) is 30.3 Å². The summed E-state index contributed by atoms with van der Waals surface area (Å²) in [6, 6.07) is 15.1. The summed E-state index contributed by atoms with van der Waals surface area (Å²) in [5, 5.41) is 0. The summed E-state index contributed by atoms with van der Waals surface area (Å²) in [4.78, 5) is 41.4. The van der Waals surface area contributed by atoms with Crippen molar-refractivity contribution < 1.29 is 19.1 Å². The Kier molecular flexibility index (Phi) is 4.16. The van der Waals surface area contributed by atoms with Crippen LogP contribution in [0.5, 0.6) is 5.75 Å². The van der Waals surface area contributed by atoms with Crippen LogP contribution in [0.1, 0.15) is 23.2 Å². The average Bonchev–Trinajstić information content (AvgIpc) is 3.14. The number of hydrogen-bond donors (Lipinski definition) is 0. The van der Waals surface area contributed by atoms with Crippen molar-refractivity contribution in [3.05, 3.63) is 60.2 Å². The van der Waals surface area contributed by atoms with Crippen LogP contribution < -0.4 is 9.64 Å². The second kappa shape index (κ2) is 6.63. The molecule has 0 spiro atoms. The Labute approximate surface area is 151 Å². The Morgan fingerprint density at radius 2 is 1.77 bits per heavy atom. The van der Waals surface area contributed by atoms with Crippen LogP contribution in [0.4, 0.5) is 5.69 Å². The molecule has 0 N–H and O–H groups in total. The molecule has 1 atom stereocenters. The van der Waals surface area contributed by atoms with Gasteiger partial charge >= 0.3 is 0 Å². The Bertz CT molecular complexity index is 865. The van der Waals surface area contributed by atoms with E-state index in [1.54, 1.807) is 53.4 Å². The zero-order chi connectivity index (χ0) is 18.1. The highest BCUT2D eigenvalue weighted by Crippen LogP contribution is 2.32. The topological polar surface area (TPSA) is 66.9 Å². The van der Waals surface area contributed by atoms with E-state index in [4.69, 9.17) is 4.74 Å². The van der Waals surface area contributed by atoms with Crippen LogP contribution in [-0.2, 0) is 9.59 Å². The van der Waals surface area contributed by atoms with Gasteiger partial charge in [-0.25, -0.2) is 4.90 Å². The van der Waals surface area contributed by atoms with Crippen molar-refractivity contribution in [3.8, 4) is 5.75 Å². The zero-order valence-corrected chi connectivity index (χ0v) is 14.1. The van der Waals surface area contributed by atoms with Gasteiger partial charge in [-0.05, 0) is 37.1 Å². The third kappa shape index (κ3) is 2.73. The van der Waals surface area contributed by atoms with Crippen LogP contribution in [0.15, 0.2) is 54.6 Å². The molecule has 2 aromatic rings. The molecule has 2 aliphatic rings. The summed E-state index contributed by atoms with van der Waals surface area (Å²) in [6.07, 6.45) is 1.33. The summed E-state index contributed by atoms with van der Waals surface area (Å²) in [5.74, 6) is -0.485. The van der Waals surface area contributed by atoms with E-state index in [1.165, 1.54) is 0 Å². The Morgan fingerprint density at radius 3 is 2.58 bits per heavy atom. The second-order valence-corrected chi connectivity index (χ2v) is 6.34. The van der Waals surface area contributed by atoms with Gasteiger partial charge in [0.05, 0.1) is 11.3 Å². The molecule has 1 fully saturated rings. The summed E-state index contributed by atoms with van der Waals surface area (Å²) in [7, 11) is 0. The highest BCUT2D eigenvalue weighted by molar-refractivity contribution is 6.22. The molecule has 3 amide bonds. The average molecular weight is 350 g/mol. The van der Waals surface area contributed by atoms with E-state index >= 15 is 0 Å². The first-order chi connectivity index (χ1) is 12.7. The first-order valence-corrected chi connectivity index (χ1v) is 8.61. The monoisotopic (exact) mass is 350 g/mol. The fourth-order valence-electron chi connectivity index (χ4n) is 3.52. The summed E-state index contributed by atoms with van der Waals surface area (Å²) < 4.78 is 5.52. The SMILES string of the molecule is O=C(COc1ccccc1)N1C(=O)[C@H]2CCCN2C(=O)c2ccccc21. The molecule has 2 aliphatic heterocycles. The number of benzene rings is 2. The van der Waals surface area contributed by atoms with Gasteiger partial charge in [0.1, 0.15) is 11.8 Å². The standard InChI is InChI=1S/C20H18N2O4/c23-18(13-26-14-7-2-1-3-8-14)22-16-10-5-4-9-15(16)19(24)21-12-6-11-17(21)20(22)25/h1-5,7-10,17H,6,11-13H2/t17-/m1/s1. The molecule has 6 heteroatoms. The van der Waals surface area contributed by atoms with Gasteiger partial charge in [0.2, 0.25) is 0 Å². The normalized spacial score (nSPS) is 19.0. The van der Waals surface area contributed by atoms with Gasteiger partial charge in [0, 0.05) is 6.54 Å². The number of carbonyl (C=O) groups is 3. The van der Waals surface area contributed by atoms with E-state index in [1.807, 2.05) is 6.07 Å². The molecule has 6 nitrogen and oxygen atoms in total. The number of anilines is 1. The highest BCUT2D eigenvalue weighted by atomic mass is 16.5. The molecular weight excluding hydrogens is 332 g/mol. The van der Waals surface area contributed by atoms with Crippen molar-refractivity contribution in [1.82, 2.24) is 4.90 Å². The smallest absolute Gasteiger partial charge is 0.271 e. The Morgan fingerprint density at radius 1 is 1.04 bits per heavy atom. The number of imide groups is 1. The van der Waals surface area contributed by atoms with Crippen LogP contribution >= 0.6 is 0 Å². The van der Waals surface area contributed by atoms with E-state index in [0.717, 1.165) is 11.3 Å². The Hall–Kier alpha value is -3.15. The number of ether oxygens (including phenoxy) is 1. The molecule has 26 heavy (non-hydrogen) atoms. The van der Waals surface area contributed by atoms with Crippen LogP contribution in [0.2, 0.25) is 0 Å². The first-order valence-electron chi connectivity index (χ1n) is 8.61. The van der Waals surface area contributed by atoms with E-state index < -0.39 is 11.9 Å². The largest absolute Gasteiger partial charge is 0.484 e. The van der Waals surface area contributed by atoms with Gasteiger partial charge in [-0.2, -0.15) is 0 Å². The molecule has 0 radical (unpaired) electrons. The van der Waals surface area contributed by atoms with E-state index in [0.29, 0.717) is 30.0 Å². The molecule has 0 unspecified atom stereocenters. The number of carbonyl (C=O) groups excluding carboxylic acids is 3. The van der Waals surface area contributed by atoms with E-state index in [2.05, 4.69) is 0 Å². The zero-order valence-electron chi connectivity index (χ0n) is 14.1. The maximum atomic E-state index is 13.0. The maximum Gasteiger partial charge on any atom is 0.271 e. The van der Waals surface area contributed by atoms with Crippen LogP contribution in [0.25, 0.3) is 0 Å². The molecule has 2 heterocycles. The number of hydrogen-bond acceptors (Lipinski definition) is 4. The lowest BCUT2D eigenvalue weighted by Crippen LogP contribution is -2.48. The number of rotatable bonds is 3. The number of amides is 3. The Balaban J connectivity index is 1.66. The van der Waals surface area contributed by atoms with Crippen LogP contribution in [0.3, 0.4) is 0 Å². The minimum Gasteiger partial charge on any atom is -0.484 e. The van der Waals surface area contributed by atoms with E-state index in [9.17, 15) is 14.4 Å². The van der Waals surface area contributed by atoms with Crippen LogP contribution in [0, 0.1) is 0 Å². The first kappa shape index (κ1) is 16.3. The predicted octanol–water partition coefficient (Wildman–Crippen LogP) is 2.24. The van der Waals surface area contributed by atoms with Crippen molar-refractivity contribution in [3.63, 3.8) is 0 Å². The molecule has 132 valence electrons. The fourth-order valence-corrected chi connectivity index (χ4v) is 3.52. The molecule has 0 bridgehead atoms. The lowest BCUT2D eigenvalue weighted by Gasteiger charge is -2.24. The highest BCUT2D eigenvalue weighted by Gasteiger charge is 2.43. The molecule has 4 rings (SSSR count). The fraction of sp³-hybridized carbons (Fsp3) is 0.250. The van der Waals surface area contributed by atoms with Gasteiger partial charge < -0.3 is 9.64 Å². The molecule has 0 saturated carbocycles. The van der Waals surface area contributed by atoms with Crippen molar-refractivity contribution >= 4 is 23.4 Å². The van der Waals surface area contributed by atoms with Gasteiger partial charge in [0.25, 0.3) is 17.7 Å². The summed E-state index contributed by atoms with van der Waals surface area (Å²) in [5.41, 5.74) is 0.705. The minimum atomic E-state index is -0.587. The maximum absolute atomic E-state index is 13.0. The molecule has 0 aromatic heterocycles. The van der Waals surface area contributed by atoms with Gasteiger partial charge in [-0.15, -0.1) is 0 Å².